The van der Waals surface area contributed by atoms with Crippen molar-refractivity contribution in [3.8, 4) is 0 Å². The number of unbranched alkanes of at least 4 members (excludes halogenated alkanes) is 19. The SMILES string of the molecule is CC/C=C\C/C=C\C/C=C\C/C=C\CCCCCCCCCCCCC(=O)NC(COP(=O)([O-])OCC[N+](C)(C)C)C(O)/C=C/CCCCCCCCCCC. The summed E-state index contributed by atoms with van der Waals surface area (Å²) in [4.78, 5) is 25.3. The maximum atomic E-state index is 12.8. The summed E-state index contributed by atoms with van der Waals surface area (Å²) in [6.45, 7) is 4.50. The van der Waals surface area contributed by atoms with Crippen molar-refractivity contribution in [2.24, 2.45) is 0 Å². The zero-order valence-corrected chi connectivity index (χ0v) is 37.7. The second-order valence-electron chi connectivity index (χ2n) is 16.4. The number of phosphoric ester groups is 1. The van der Waals surface area contributed by atoms with Crippen molar-refractivity contribution >= 4 is 13.7 Å². The number of aliphatic hydroxyl groups excluding tert-OH is 1. The monoisotopic (exact) mass is 807 g/mol. The number of amides is 1. The molecular formula is C47H87N2O6P. The Kier molecular flexibility index (Phi) is 37.5. The first-order chi connectivity index (χ1) is 27.0. The maximum absolute atomic E-state index is 12.8. The first-order valence-electron chi connectivity index (χ1n) is 22.7. The lowest BCUT2D eigenvalue weighted by Crippen LogP contribution is -2.45. The summed E-state index contributed by atoms with van der Waals surface area (Å²) >= 11 is 0. The minimum atomic E-state index is -4.59. The Morgan fingerprint density at radius 3 is 1.59 bits per heavy atom. The molecule has 0 rings (SSSR count). The van der Waals surface area contributed by atoms with E-state index < -0.39 is 20.0 Å². The Morgan fingerprint density at radius 2 is 1.09 bits per heavy atom. The number of likely N-dealkylation sites (N-methyl/N-ethyl adjacent to an activating group) is 1. The van der Waals surface area contributed by atoms with Gasteiger partial charge in [-0.3, -0.25) is 9.36 Å². The van der Waals surface area contributed by atoms with E-state index in [1.807, 2.05) is 27.2 Å². The molecule has 56 heavy (non-hydrogen) atoms. The summed E-state index contributed by atoms with van der Waals surface area (Å²) in [5.74, 6) is -0.207. The molecule has 0 aromatic heterocycles. The van der Waals surface area contributed by atoms with Crippen LogP contribution in [0.2, 0.25) is 0 Å². The van der Waals surface area contributed by atoms with Gasteiger partial charge in [0, 0.05) is 6.42 Å². The van der Waals surface area contributed by atoms with Crippen LogP contribution in [-0.2, 0) is 18.4 Å². The number of phosphoric acid groups is 1. The Bertz CT molecular complexity index is 1100. The molecule has 1 amide bonds. The van der Waals surface area contributed by atoms with Crippen molar-refractivity contribution in [3.63, 3.8) is 0 Å². The third kappa shape index (κ3) is 40.4. The van der Waals surface area contributed by atoms with Gasteiger partial charge in [-0.15, -0.1) is 0 Å². The van der Waals surface area contributed by atoms with E-state index in [2.05, 4.69) is 67.8 Å². The van der Waals surface area contributed by atoms with Crippen LogP contribution in [0.3, 0.4) is 0 Å². The summed E-state index contributed by atoms with van der Waals surface area (Å²) in [7, 11) is 1.25. The highest BCUT2D eigenvalue weighted by Gasteiger charge is 2.23. The first-order valence-corrected chi connectivity index (χ1v) is 24.1. The minimum absolute atomic E-state index is 0.00421. The maximum Gasteiger partial charge on any atom is 0.268 e. The van der Waals surface area contributed by atoms with E-state index in [1.165, 1.54) is 96.3 Å². The van der Waals surface area contributed by atoms with Gasteiger partial charge in [-0.1, -0.05) is 177 Å². The molecule has 0 aliphatic carbocycles. The molecule has 3 atom stereocenters. The van der Waals surface area contributed by atoms with E-state index in [4.69, 9.17) is 9.05 Å². The fourth-order valence-electron chi connectivity index (χ4n) is 6.14. The third-order valence-corrected chi connectivity index (χ3v) is 10.7. The molecular weight excluding hydrogens is 719 g/mol. The normalized spacial score (nSPS) is 14.9. The number of carbonyl (C=O) groups is 1. The lowest BCUT2D eigenvalue weighted by atomic mass is 10.0. The number of allylic oxidation sites excluding steroid dienone is 9. The van der Waals surface area contributed by atoms with Crippen molar-refractivity contribution in [2.45, 2.75) is 193 Å². The van der Waals surface area contributed by atoms with Gasteiger partial charge in [0.15, 0.2) is 0 Å². The van der Waals surface area contributed by atoms with Crippen LogP contribution in [-0.4, -0.2) is 68.5 Å². The Morgan fingerprint density at radius 1 is 0.643 bits per heavy atom. The molecule has 9 heteroatoms. The van der Waals surface area contributed by atoms with Crippen LogP contribution in [0.25, 0.3) is 0 Å². The number of hydrogen-bond acceptors (Lipinski definition) is 6. The van der Waals surface area contributed by atoms with Gasteiger partial charge in [0.05, 0.1) is 39.9 Å². The highest BCUT2D eigenvalue weighted by Crippen LogP contribution is 2.38. The van der Waals surface area contributed by atoms with Gasteiger partial charge in [-0.05, 0) is 57.8 Å². The van der Waals surface area contributed by atoms with Gasteiger partial charge in [0.1, 0.15) is 13.2 Å². The van der Waals surface area contributed by atoms with Crippen LogP contribution in [0, 0.1) is 0 Å². The summed E-state index contributed by atoms with van der Waals surface area (Å²) in [5.41, 5.74) is 0. The van der Waals surface area contributed by atoms with Gasteiger partial charge < -0.3 is 28.8 Å². The van der Waals surface area contributed by atoms with Crippen molar-refractivity contribution in [3.05, 3.63) is 60.8 Å². The Hall–Kier alpha value is -1.80. The minimum Gasteiger partial charge on any atom is -0.756 e. The average Bonchev–Trinajstić information content (AvgIpc) is 3.15. The smallest absolute Gasteiger partial charge is 0.268 e. The number of aliphatic hydroxyl groups is 1. The van der Waals surface area contributed by atoms with Crippen molar-refractivity contribution < 1.29 is 32.9 Å². The van der Waals surface area contributed by atoms with Crippen LogP contribution in [0.4, 0.5) is 0 Å². The molecule has 3 unspecified atom stereocenters. The molecule has 0 aliphatic heterocycles. The zero-order chi connectivity index (χ0) is 41.4. The van der Waals surface area contributed by atoms with Gasteiger partial charge in [0.2, 0.25) is 5.91 Å². The van der Waals surface area contributed by atoms with Crippen LogP contribution < -0.4 is 10.2 Å². The average molecular weight is 807 g/mol. The van der Waals surface area contributed by atoms with Crippen molar-refractivity contribution in [1.82, 2.24) is 5.32 Å². The van der Waals surface area contributed by atoms with Crippen molar-refractivity contribution in [2.75, 3.05) is 40.9 Å². The fourth-order valence-corrected chi connectivity index (χ4v) is 6.87. The molecule has 0 saturated carbocycles. The van der Waals surface area contributed by atoms with E-state index >= 15 is 0 Å². The summed E-state index contributed by atoms with van der Waals surface area (Å²) in [6.07, 6.45) is 49.8. The molecule has 0 radical (unpaired) electrons. The lowest BCUT2D eigenvalue weighted by Gasteiger charge is -2.29. The summed E-state index contributed by atoms with van der Waals surface area (Å²) in [5, 5.41) is 13.7. The molecule has 0 fully saturated rings. The number of carbonyl (C=O) groups excluding carboxylic acids is 1. The third-order valence-electron chi connectivity index (χ3n) is 9.73. The van der Waals surface area contributed by atoms with E-state index in [0.29, 0.717) is 17.4 Å². The molecule has 0 aliphatic rings. The van der Waals surface area contributed by atoms with E-state index in [0.717, 1.165) is 64.2 Å². The number of nitrogens with one attached hydrogen (secondary N) is 1. The lowest BCUT2D eigenvalue weighted by molar-refractivity contribution is -0.870. The van der Waals surface area contributed by atoms with Gasteiger partial charge in [-0.2, -0.15) is 0 Å². The molecule has 0 aromatic rings. The second-order valence-corrected chi connectivity index (χ2v) is 17.8. The van der Waals surface area contributed by atoms with Crippen LogP contribution in [0.1, 0.15) is 181 Å². The largest absolute Gasteiger partial charge is 0.756 e. The van der Waals surface area contributed by atoms with E-state index in [9.17, 15) is 19.4 Å². The van der Waals surface area contributed by atoms with Gasteiger partial charge in [0.25, 0.3) is 7.82 Å². The van der Waals surface area contributed by atoms with Crippen LogP contribution >= 0.6 is 7.82 Å². The molecule has 0 spiro atoms. The number of rotatable bonds is 40. The molecule has 0 saturated heterocycles. The number of quaternary nitrogens is 1. The predicted octanol–water partition coefficient (Wildman–Crippen LogP) is 12.0. The van der Waals surface area contributed by atoms with Gasteiger partial charge in [-0.25, -0.2) is 0 Å². The molecule has 0 aromatic carbocycles. The molecule has 2 N–H and O–H groups in total. The van der Waals surface area contributed by atoms with Gasteiger partial charge >= 0.3 is 0 Å². The molecule has 0 heterocycles. The highest BCUT2D eigenvalue weighted by atomic mass is 31.2. The van der Waals surface area contributed by atoms with Crippen molar-refractivity contribution in [1.29, 1.82) is 0 Å². The Labute approximate surface area is 345 Å². The summed E-state index contributed by atoms with van der Waals surface area (Å²) in [6, 6.07) is -0.889. The quantitative estimate of drug-likeness (QED) is 0.0276. The molecule has 326 valence electrons. The number of hydrogen-bond donors (Lipinski definition) is 2. The van der Waals surface area contributed by atoms with Crippen LogP contribution in [0.5, 0.6) is 0 Å². The zero-order valence-electron chi connectivity index (χ0n) is 36.8. The van der Waals surface area contributed by atoms with E-state index in [1.54, 1.807) is 6.08 Å². The molecule has 8 nitrogen and oxygen atoms in total. The Balaban J connectivity index is 4.30. The standard InChI is InChI=1S/C47H87N2O6P/c1-6-8-10-12-14-16-18-19-20-21-22-23-24-25-26-27-28-29-31-33-35-37-39-41-47(51)48-45(44-55-56(52,53)54-43-42-49(3,4)5)46(50)40-38-36-34-32-30-17-15-13-11-9-7-2/h8,10,14,16,19-20,22-23,38,40,45-46,50H,6-7,9,11-13,15,17-18,21,24-37,39,41-44H2,1-5H3,(H-,48,51,52,53)/b10-8-,16-14-,20-19-,23-22-,40-38+. The highest BCUT2D eigenvalue weighted by molar-refractivity contribution is 7.45. The first kappa shape index (κ1) is 54.2. The molecule has 0 bridgehead atoms. The van der Waals surface area contributed by atoms with Crippen LogP contribution in [0.15, 0.2) is 60.8 Å². The van der Waals surface area contributed by atoms with E-state index in [-0.39, 0.29) is 19.1 Å². The predicted molar refractivity (Wildman–Crippen MR) is 237 cm³/mol. The number of nitrogens with zero attached hydrogens (tertiary/aromatic N) is 1. The topological polar surface area (TPSA) is 108 Å². The fraction of sp³-hybridized carbons (Fsp3) is 0.766. The second kappa shape index (κ2) is 38.7. The summed E-state index contributed by atoms with van der Waals surface area (Å²) < 4.78 is 23.2.